The van der Waals surface area contributed by atoms with E-state index in [1.807, 2.05) is 62.4 Å². The molecule has 28 heavy (non-hydrogen) atoms. The zero-order valence-electron chi connectivity index (χ0n) is 16.1. The number of aryl methyl sites for hydroxylation is 1. The fourth-order valence-corrected chi connectivity index (χ4v) is 4.76. The van der Waals surface area contributed by atoms with Gasteiger partial charge in [0.2, 0.25) is 0 Å². The van der Waals surface area contributed by atoms with Crippen molar-refractivity contribution in [1.29, 1.82) is 0 Å². The molecule has 5 nitrogen and oxygen atoms in total. The lowest BCUT2D eigenvalue weighted by Crippen LogP contribution is -2.43. The van der Waals surface area contributed by atoms with E-state index in [4.69, 9.17) is 10.7 Å². The fraction of sp³-hybridized carbons (Fsp3) is 0.273. The van der Waals surface area contributed by atoms with Crippen LogP contribution in [0.5, 0.6) is 0 Å². The van der Waals surface area contributed by atoms with Crippen LogP contribution in [-0.4, -0.2) is 28.3 Å². The number of nitrogen functional groups attached to an aromatic ring is 1. The maximum absolute atomic E-state index is 13.4. The van der Waals surface area contributed by atoms with Gasteiger partial charge in [-0.05, 0) is 49.6 Å². The molecule has 144 valence electrons. The molecular formula is C22H24N4OS. The van der Waals surface area contributed by atoms with Crippen molar-refractivity contribution in [3.63, 3.8) is 0 Å². The summed E-state index contributed by atoms with van der Waals surface area (Å²) >= 11 is 1.75. The van der Waals surface area contributed by atoms with E-state index >= 15 is 0 Å². The van der Waals surface area contributed by atoms with Gasteiger partial charge in [0, 0.05) is 23.7 Å². The van der Waals surface area contributed by atoms with Gasteiger partial charge in [0.15, 0.2) is 5.17 Å². The molecule has 0 aromatic heterocycles. The lowest BCUT2D eigenvalue weighted by Gasteiger charge is -2.41. The summed E-state index contributed by atoms with van der Waals surface area (Å²) in [4.78, 5) is 20.4. The minimum Gasteiger partial charge on any atom is -0.399 e. The smallest absolute Gasteiger partial charge is 0.255 e. The van der Waals surface area contributed by atoms with Crippen molar-refractivity contribution in [2.45, 2.75) is 26.3 Å². The summed E-state index contributed by atoms with van der Waals surface area (Å²) in [7, 11) is 0. The SMILES string of the molecule is CC1=C(C(=O)Nc2ccccc2C)C(c2cccc(N)c2)N2CCCSC2=N1. The molecule has 3 N–H and O–H groups in total. The molecule has 1 amide bonds. The van der Waals surface area contributed by atoms with Crippen LogP contribution in [0.25, 0.3) is 0 Å². The van der Waals surface area contributed by atoms with Gasteiger partial charge in [-0.2, -0.15) is 0 Å². The van der Waals surface area contributed by atoms with Gasteiger partial charge in [-0.15, -0.1) is 0 Å². The molecule has 2 aromatic rings. The monoisotopic (exact) mass is 392 g/mol. The summed E-state index contributed by atoms with van der Waals surface area (Å²) in [5, 5.41) is 4.08. The maximum atomic E-state index is 13.4. The van der Waals surface area contributed by atoms with Crippen LogP contribution < -0.4 is 11.1 Å². The van der Waals surface area contributed by atoms with Crippen molar-refractivity contribution in [2.24, 2.45) is 4.99 Å². The third-order valence-corrected chi connectivity index (χ3v) is 6.20. The highest BCUT2D eigenvalue weighted by atomic mass is 32.2. The number of anilines is 2. The number of aliphatic imine (C=N–C) groups is 1. The van der Waals surface area contributed by atoms with Crippen LogP contribution >= 0.6 is 11.8 Å². The molecule has 4 rings (SSSR count). The number of hydrogen-bond acceptors (Lipinski definition) is 5. The molecule has 2 aromatic carbocycles. The average Bonchev–Trinajstić information content (AvgIpc) is 2.68. The van der Waals surface area contributed by atoms with E-state index in [0.717, 1.165) is 46.4 Å². The molecule has 2 aliphatic rings. The van der Waals surface area contributed by atoms with Crippen molar-refractivity contribution in [3.05, 3.63) is 70.9 Å². The number of hydrogen-bond donors (Lipinski definition) is 2. The van der Waals surface area contributed by atoms with Crippen LogP contribution in [0.15, 0.2) is 64.8 Å². The van der Waals surface area contributed by atoms with E-state index in [9.17, 15) is 4.79 Å². The van der Waals surface area contributed by atoms with Gasteiger partial charge in [0.05, 0.1) is 17.3 Å². The Morgan fingerprint density at radius 1 is 1.21 bits per heavy atom. The minimum absolute atomic E-state index is 0.113. The molecule has 0 radical (unpaired) electrons. The van der Waals surface area contributed by atoms with Gasteiger partial charge in [-0.25, -0.2) is 4.99 Å². The molecule has 1 saturated heterocycles. The Kier molecular flexibility index (Phi) is 5.13. The van der Waals surface area contributed by atoms with Crippen molar-refractivity contribution in [3.8, 4) is 0 Å². The van der Waals surface area contributed by atoms with Gasteiger partial charge in [0.25, 0.3) is 5.91 Å². The van der Waals surface area contributed by atoms with E-state index in [2.05, 4.69) is 10.2 Å². The predicted octanol–water partition coefficient (Wildman–Crippen LogP) is 4.34. The molecule has 6 heteroatoms. The minimum atomic E-state index is -0.187. The lowest BCUT2D eigenvalue weighted by molar-refractivity contribution is -0.113. The van der Waals surface area contributed by atoms with E-state index in [1.165, 1.54) is 0 Å². The first-order valence-corrected chi connectivity index (χ1v) is 10.4. The fourth-order valence-electron chi connectivity index (χ4n) is 3.74. The number of thioether (sulfide) groups is 1. The number of amidine groups is 1. The lowest BCUT2D eigenvalue weighted by atomic mass is 9.93. The standard InChI is InChI=1S/C22H24N4OS/c1-14-7-3-4-10-18(14)25-21(27)19-15(2)24-22-26(11-6-12-28-22)20(19)16-8-5-9-17(23)13-16/h3-5,7-10,13,20H,6,11-12,23H2,1-2H3,(H,25,27). The van der Waals surface area contributed by atoms with E-state index in [1.54, 1.807) is 11.8 Å². The quantitative estimate of drug-likeness (QED) is 0.763. The molecule has 0 bridgehead atoms. The summed E-state index contributed by atoms with van der Waals surface area (Å²) in [5.74, 6) is 0.939. The molecule has 2 aliphatic heterocycles. The number of allylic oxidation sites excluding steroid dienone is 1. The topological polar surface area (TPSA) is 70.7 Å². The summed E-state index contributed by atoms with van der Waals surface area (Å²) in [6.07, 6.45) is 1.06. The van der Waals surface area contributed by atoms with Crippen molar-refractivity contribution < 1.29 is 4.79 Å². The van der Waals surface area contributed by atoms with E-state index in [0.29, 0.717) is 11.3 Å². The Hall–Kier alpha value is -2.73. The van der Waals surface area contributed by atoms with Gasteiger partial charge in [-0.3, -0.25) is 4.79 Å². The third-order valence-electron chi connectivity index (χ3n) is 5.12. The maximum Gasteiger partial charge on any atom is 0.255 e. The number of nitrogens with two attached hydrogens (primary N) is 1. The van der Waals surface area contributed by atoms with Crippen LogP contribution in [0.3, 0.4) is 0 Å². The Bertz CT molecular complexity index is 982. The van der Waals surface area contributed by atoms with Gasteiger partial charge >= 0.3 is 0 Å². The number of carbonyl (C=O) groups excluding carboxylic acids is 1. The molecule has 1 unspecified atom stereocenters. The first-order valence-electron chi connectivity index (χ1n) is 9.46. The van der Waals surface area contributed by atoms with Gasteiger partial charge in [-0.1, -0.05) is 42.1 Å². The number of carbonyl (C=O) groups is 1. The first kappa shape index (κ1) is 18.6. The number of rotatable bonds is 3. The van der Waals surface area contributed by atoms with Crippen LogP contribution in [0.1, 0.15) is 30.5 Å². The molecule has 0 aliphatic carbocycles. The van der Waals surface area contributed by atoms with Crippen LogP contribution in [0, 0.1) is 6.92 Å². The largest absolute Gasteiger partial charge is 0.399 e. The van der Waals surface area contributed by atoms with Gasteiger partial charge < -0.3 is 16.0 Å². The van der Waals surface area contributed by atoms with Crippen LogP contribution in [0.4, 0.5) is 11.4 Å². The number of nitrogens with one attached hydrogen (secondary N) is 1. The molecule has 0 saturated carbocycles. The van der Waals surface area contributed by atoms with E-state index in [-0.39, 0.29) is 11.9 Å². The summed E-state index contributed by atoms with van der Waals surface area (Å²) < 4.78 is 0. The Balaban J connectivity index is 1.77. The molecular weight excluding hydrogens is 368 g/mol. The second-order valence-electron chi connectivity index (χ2n) is 7.13. The van der Waals surface area contributed by atoms with Crippen molar-refractivity contribution in [2.75, 3.05) is 23.3 Å². The normalized spacial score (nSPS) is 19.1. The highest BCUT2D eigenvalue weighted by molar-refractivity contribution is 8.13. The highest BCUT2D eigenvalue weighted by Gasteiger charge is 2.37. The molecule has 2 heterocycles. The number of amides is 1. The summed E-state index contributed by atoms with van der Waals surface area (Å²) in [6.45, 7) is 4.79. The van der Waals surface area contributed by atoms with Crippen LogP contribution in [-0.2, 0) is 4.79 Å². The Labute approximate surface area is 169 Å². The number of para-hydroxylation sites is 1. The zero-order valence-corrected chi connectivity index (χ0v) is 16.9. The van der Waals surface area contributed by atoms with E-state index < -0.39 is 0 Å². The number of nitrogens with zero attached hydrogens (tertiary/aromatic N) is 2. The highest BCUT2D eigenvalue weighted by Crippen LogP contribution is 2.40. The third kappa shape index (κ3) is 3.52. The Morgan fingerprint density at radius 3 is 2.82 bits per heavy atom. The first-order chi connectivity index (χ1) is 13.5. The van der Waals surface area contributed by atoms with Crippen molar-refractivity contribution in [1.82, 2.24) is 4.90 Å². The summed E-state index contributed by atoms with van der Waals surface area (Å²) in [6, 6.07) is 15.4. The number of fused-ring (bicyclic) bond motifs is 1. The zero-order chi connectivity index (χ0) is 19.7. The van der Waals surface area contributed by atoms with Crippen LogP contribution in [0.2, 0.25) is 0 Å². The molecule has 1 atom stereocenters. The van der Waals surface area contributed by atoms with Gasteiger partial charge in [0.1, 0.15) is 0 Å². The van der Waals surface area contributed by atoms with Crippen molar-refractivity contribution >= 4 is 34.2 Å². The Morgan fingerprint density at radius 2 is 2.04 bits per heavy atom. The molecule has 1 fully saturated rings. The second kappa shape index (κ2) is 7.72. The second-order valence-corrected chi connectivity index (χ2v) is 8.19. The molecule has 0 spiro atoms. The predicted molar refractivity (Wildman–Crippen MR) is 117 cm³/mol. The number of benzene rings is 2. The average molecular weight is 393 g/mol. The summed E-state index contributed by atoms with van der Waals surface area (Å²) in [5.41, 5.74) is 11.1.